The predicted octanol–water partition coefficient (Wildman–Crippen LogP) is 12.1. The Labute approximate surface area is 280 Å². The Morgan fingerprint density at radius 2 is 0.822 bits per heavy atom. The molecule has 0 aromatic carbocycles. The van der Waals surface area contributed by atoms with Crippen LogP contribution in [0.1, 0.15) is 213 Å². The van der Waals surface area contributed by atoms with Crippen LogP contribution in [0, 0.1) is 0 Å². The van der Waals surface area contributed by atoms with Gasteiger partial charge in [0, 0.05) is 12.8 Å². The first-order chi connectivity index (χ1) is 22.1. The molecule has 5 nitrogen and oxygen atoms in total. The van der Waals surface area contributed by atoms with Crippen LogP contribution in [-0.4, -0.2) is 36.4 Å². The van der Waals surface area contributed by atoms with Crippen molar-refractivity contribution in [3.8, 4) is 0 Å². The van der Waals surface area contributed by atoms with Gasteiger partial charge in [-0.25, -0.2) is 0 Å². The molecule has 0 saturated heterocycles. The van der Waals surface area contributed by atoms with Gasteiger partial charge in [-0.1, -0.05) is 174 Å². The molecule has 0 saturated carbocycles. The van der Waals surface area contributed by atoms with Crippen LogP contribution in [0.25, 0.3) is 0 Å². The Balaban J connectivity index is 3.52. The minimum atomic E-state index is -0.767. The summed E-state index contributed by atoms with van der Waals surface area (Å²) in [5, 5.41) is 9.54. The van der Waals surface area contributed by atoms with Crippen molar-refractivity contribution in [3.05, 3.63) is 12.2 Å². The van der Waals surface area contributed by atoms with E-state index in [2.05, 4.69) is 26.0 Å². The molecule has 0 rings (SSSR count). The van der Waals surface area contributed by atoms with Crippen LogP contribution in [0.15, 0.2) is 12.2 Å². The molecule has 1 N–H and O–H groups in total. The summed E-state index contributed by atoms with van der Waals surface area (Å²) in [5.74, 6) is -0.590. The number of aliphatic hydroxyl groups excluding tert-OH is 1. The lowest BCUT2D eigenvalue weighted by Gasteiger charge is -2.15. The molecule has 0 fully saturated rings. The second-order valence-corrected chi connectivity index (χ2v) is 13.4. The van der Waals surface area contributed by atoms with Crippen molar-refractivity contribution in [1.29, 1.82) is 0 Å². The number of carbonyl (C=O) groups excluding carboxylic acids is 2. The molecule has 0 amide bonds. The lowest BCUT2D eigenvalue weighted by Crippen LogP contribution is -2.28. The monoisotopic (exact) mass is 637 g/mol. The van der Waals surface area contributed by atoms with Gasteiger partial charge in [-0.05, 0) is 38.5 Å². The zero-order valence-corrected chi connectivity index (χ0v) is 30.1. The minimum absolute atomic E-state index is 0.0644. The third-order valence-corrected chi connectivity index (χ3v) is 8.81. The Morgan fingerprint density at radius 3 is 1.20 bits per heavy atom. The Kier molecular flexibility index (Phi) is 36.0. The molecule has 0 aromatic heterocycles. The van der Waals surface area contributed by atoms with E-state index in [1.165, 1.54) is 141 Å². The van der Waals surface area contributed by atoms with Gasteiger partial charge in [0.05, 0.1) is 6.61 Å². The minimum Gasteiger partial charge on any atom is -0.462 e. The Bertz CT molecular complexity index is 647. The van der Waals surface area contributed by atoms with E-state index in [-0.39, 0.29) is 25.2 Å². The van der Waals surface area contributed by atoms with E-state index < -0.39 is 6.10 Å². The van der Waals surface area contributed by atoms with E-state index in [4.69, 9.17) is 9.47 Å². The number of rotatable bonds is 36. The second-order valence-electron chi connectivity index (χ2n) is 13.4. The van der Waals surface area contributed by atoms with Gasteiger partial charge in [0.15, 0.2) is 6.10 Å². The molecule has 266 valence electrons. The number of hydrogen-bond acceptors (Lipinski definition) is 5. The third-order valence-electron chi connectivity index (χ3n) is 8.81. The molecule has 0 heterocycles. The first-order valence-corrected chi connectivity index (χ1v) is 19.7. The van der Waals surface area contributed by atoms with Crippen molar-refractivity contribution in [1.82, 2.24) is 0 Å². The summed E-state index contributed by atoms with van der Waals surface area (Å²) < 4.78 is 10.6. The van der Waals surface area contributed by atoms with Gasteiger partial charge in [0.1, 0.15) is 6.61 Å². The molecule has 45 heavy (non-hydrogen) atoms. The number of aliphatic hydroxyl groups is 1. The fourth-order valence-electron chi connectivity index (χ4n) is 5.78. The van der Waals surface area contributed by atoms with Crippen molar-refractivity contribution in [2.45, 2.75) is 219 Å². The van der Waals surface area contributed by atoms with Crippen molar-refractivity contribution >= 4 is 11.9 Å². The molecule has 0 bridgehead atoms. The molecular formula is C40H76O5. The molecular weight excluding hydrogens is 560 g/mol. The Hall–Kier alpha value is -1.36. The topological polar surface area (TPSA) is 72.8 Å². The molecule has 5 heteroatoms. The number of ether oxygens (including phenoxy) is 2. The highest BCUT2D eigenvalue weighted by atomic mass is 16.6. The van der Waals surface area contributed by atoms with Crippen LogP contribution < -0.4 is 0 Å². The summed E-state index contributed by atoms with van der Waals surface area (Å²) >= 11 is 0. The number of esters is 2. The van der Waals surface area contributed by atoms with E-state index >= 15 is 0 Å². The standard InChI is InChI=1S/C40H76O5/c1-3-5-7-9-11-13-15-17-19-20-21-23-25-27-29-31-33-35-40(43)45-38(36-41)37-44-39(42)34-32-30-28-26-24-22-18-16-14-12-10-8-6-4-2/h16,18,38,41H,3-15,17,19-37H2,1-2H3/b18-16-/t38-/m0/s1. The molecule has 0 aliphatic rings. The van der Waals surface area contributed by atoms with Crippen LogP contribution in [0.2, 0.25) is 0 Å². The molecule has 1 atom stereocenters. The lowest BCUT2D eigenvalue weighted by molar-refractivity contribution is -0.161. The van der Waals surface area contributed by atoms with E-state index in [0.717, 1.165) is 44.9 Å². The highest BCUT2D eigenvalue weighted by Gasteiger charge is 2.16. The zero-order valence-electron chi connectivity index (χ0n) is 30.1. The predicted molar refractivity (Wildman–Crippen MR) is 192 cm³/mol. The average molecular weight is 637 g/mol. The average Bonchev–Trinajstić information content (AvgIpc) is 3.04. The Morgan fingerprint density at radius 1 is 0.489 bits per heavy atom. The number of hydrogen-bond donors (Lipinski definition) is 1. The summed E-state index contributed by atoms with van der Waals surface area (Å²) in [6.45, 7) is 4.14. The first-order valence-electron chi connectivity index (χ1n) is 19.7. The fourth-order valence-corrected chi connectivity index (χ4v) is 5.78. The normalized spacial score (nSPS) is 12.2. The van der Waals surface area contributed by atoms with Crippen molar-refractivity contribution in [2.24, 2.45) is 0 Å². The number of allylic oxidation sites excluding steroid dienone is 2. The van der Waals surface area contributed by atoms with Crippen LogP contribution in [0.3, 0.4) is 0 Å². The number of unbranched alkanes of at least 4 members (excludes halogenated alkanes) is 26. The second kappa shape index (κ2) is 37.1. The quantitative estimate of drug-likeness (QED) is 0.0421. The molecule has 0 radical (unpaired) electrons. The zero-order chi connectivity index (χ0) is 32.9. The van der Waals surface area contributed by atoms with Gasteiger partial charge in [-0.15, -0.1) is 0 Å². The summed E-state index contributed by atoms with van der Waals surface area (Å²) in [7, 11) is 0. The molecule has 0 aromatic rings. The van der Waals surface area contributed by atoms with Gasteiger partial charge in [-0.3, -0.25) is 9.59 Å². The highest BCUT2D eigenvalue weighted by molar-refractivity contribution is 5.70. The lowest BCUT2D eigenvalue weighted by atomic mass is 10.0. The van der Waals surface area contributed by atoms with Crippen molar-refractivity contribution in [3.63, 3.8) is 0 Å². The van der Waals surface area contributed by atoms with Crippen molar-refractivity contribution in [2.75, 3.05) is 13.2 Å². The summed E-state index contributed by atoms with van der Waals surface area (Å²) in [5.41, 5.74) is 0. The maximum absolute atomic E-state index is 12.2. The molecule has 0 unspecified atom stereocenters. The largest absolute Gasteiger partial charge is 0.462 e. The van der Waals surface area contributed by atoms with E-state index in [1.54, 1.807) is 0 Å². The SMILES string of the molecule is CCCCCCC/C=C\CCCCCCCC(=O)OC[C@H](CO)OC(=O)CCCCCCCCCCCCCCCCCCC. The van der Waals surface area contributed by atoms with Gasteiger partial charge < -0.3 is 14.6 Å². The highest BCUT2D eigenvalue weighted by Crippen LogP contribution is 2.15. The third kappa shape index (κ3) is 35.3. The van der Waals surface area contributed by atoms with Gasteiger partial charge in [-0.2, -0.15) is 0 Å². The van der Waals surface area contributed by atoms with Gasteiger partial charge in [0.25, 0.3) is 0 Å². The van der Waals surface area contributed by atoms with Gasteiger partial charge in [0.2, 0.25) is 0 Å². The van der Waals surface area contributed by atoms with Gasteiger partial charge >= 0.3 is 11.9 Å². The summed E-state index contributed by atoms with van der Waals surface area (Å²) in [6.07, 6.45) is 41.3. The maximum atomic E-state index is 12.2. The first kappa shape index (κ1) is 43.6. The fraction of sp³-hybridized carbons (Fsp3) is 0.900. The molecule has 0 aliphatic carbocycles. The van der Waals surface area contributed by atoms with E-state index in [9.17, 15) is 14.7 Å². The van der Waals surface area contributed by atoms with E-state index in [1.807, 2.05) is 0 Å². The maximum Gasteiger partial charge on any atom is 0.306 e. The summed E-state index contributed by atoms with van der Waals surface area (Å²) in [4.78, 5) is 24.2. The van der Waals surface area contributed by atoms with E-state index in [0.29, 0.717) is 12.8 Å². The van der Waals surface area contributed by atoms with Crippen LogP contribution in [-0.2, 0) is 19.1 Å². The molecule has 0 spiro atoms. The van der Waals surface area contributed by atoms with Crippen LogP contribution in [0.5, 0.6) is 0 Å². The van der Waals surface area contributed by atoms with Crippen molar-refractivity contribution < 1.29 is 24.2 Å². The number of carbonyl (C=O) groups is 2. The smallest absolute Gasteiger partial charge is 0.306 e. The summed E-state index contributed by atoms with van der Waals surface area (Å²) in [6, 6.07) is 0. The molecule has 0 aliphatic heterocycles. The van der Waals surface area contributed by atoms with Crippen LogP contribution in [0.4, 0.5) is 0 Å². The van der Waals surface area contributed by atoms with Crippen LogP contribution >= 0.6 is 0 Å².